The van der Waals surface area contributed by atoms with Gasteiger partial charge in [0, 0.05) is 0 Å². The number of rotatable bonds is 5. The fraction of sp³-hybridized carbons (Fsp3) is 1.00. The van der Waals surface area contributed by atoms with Gasteiger partial charge in [0.15, 0.2) is 6.29 Å². The van der Waals surface area contributed by atoms with Crippen LogP contribution >= 0.6 is 0 Å². The molecule has 0 heterocycles. The Bertz CT molecular complexity index is 95.0. The fourth-order valence-electron chi connectivity index (χ4n) is 0.439. The molecule has 0 fully saturated rings. The van der Waals surface area contributed by atoms with E-state index >= 15 is 0 Å². The molecule has 0 rings (SSSR count). The molecule has 0 spiro atoms. The first-order valence-corrected chi connectivity index (χ1v) is 3.34. The van der Waals surface area contributed by atoms with Crippen molar-refractivity contribution in [1.82, 2.24) is 0 Å². The smallest absolute Gasteiger partial charge is 0.183 e. The molecular formula is C6H14O5. The topological polar surface area (TPSA) is 90.2 Å². The monoisotopic (exact) mass is 166 g/mol. The van der Waals surface area contributed by atoms with E-state index in [1.165, 1.54) is 6.92 Å². The van der Waals surface area contributed by atoms with Gasteiger partial charge in [0.2, 0.25) is 0 Å². The first kappa shape index (κ1) is 10.8. The van der Waals surface area contributed by atoms with Crippen LogP contribution in [0.4, 0.5) is 0 Å². The maximum atomic E-state index is 8.82. The van der Waals surface area contributed by atoms with Crippen LogP contribution in [0.15, 0.2) is 0 Å². The minimum absolute atomic E-state index is 0.0712. The van der Waals surface area contributed by atoms with E-state index in [4.69, 9.17) is 20.4 Å². The highest BCUT2D eigenvalue weighted by Crippen LogP contribution is 1.95. The number of aliphatic hydroxyl groups is 4. The van der Waals surface area contributed by atoms with E-state index in [1.54, 1.807) is 0 Å². The van der Waals surface area contributed by atoms with Crippen LogP contribution in [0, 0.1) is 0 Å². The average Bonchev–Trinajstić information content (AvgIpc) is 1.98. The summed E-state index contributed by atoms with van der Waals surface area (Å²) in [6.45, 7) is 0.844. The molecule has 0 saturated heterocycles. The van der Waals surface area contributed by atoms with Crippen LogP contribution in [0.3, 0.4) is 0 Å². The molecule has 0 aromatic carbocycles. The lowest BCUT2D eigenvalue weighted by Gasteiger charge is -2.16. The van der Waals surface area contributed by atoms with Crippen molar-refractivity contribution in [2.24, 2.45) is 0 Å². The first-order chi connectivity index (χ1) is 5.07. The van der Waals surface area contributed by atoms with Gasteiger partial charge in [0.1, 0.15) is 6.10 Å². The standard InChI is InChI=1S/C6H14O5/c1-4(8)3-11-6(10)5(9)2-7/h4-10H,2-3H2,1H3/t4-,5?,6?/m0/s1. The molecule has 0 radical (unpaired) electrons. The Morgan fingerprint density at radius 1 is 1.27 bits per heavy atom. The van der Waals surface area contributed by atoms with Gasteiger partial charge in [-0.05, 0) is 6.92 Å². The minimum Gasteiger partial charge on any atom is -0.393 e. The van der Waals surface area contributed by atoms with Crippen LogP contribution in [0.1, 0.15) is 6.92 Å². The Kier molecular flexibility index (Phi) is 5.35. The van der Waals surface area contributed by atoms with Gasteiger partial charge in [-0.1, -0.05) is 0 Å². The zero-order valence-corrected chi connectivity index (χ0v) is 6.34. The highest BCUT2D eigenvalue weighted by atomic mass is 16.6. The second-order valence-corrected chi connectivity index (χ2v) is 2.32. The SMILES string of the molecule is C[C@H](O)COC(O)C(O)CO. The summed E-state index contributed by atoms with van der Waals surface area (Å²) in [7, 11) is 0. The fourth-order valence-corrected chi connectivity index (χ4v) is 0.439. The second kappa shape index (κ2) is 5.45. The highest BCUT2D eigenvalue weighted by Gasteiger charge is 2.15. The van der Waals surface area contributed by atoms with Crippen molar-refractivity contribution in [3.63, 3.8) is 0 Å². The van der Waals surface area contributed by atoms with E-state index in [0.717, 1.165) is 0 Å². The Balaban J connectivity index is 3.43. The molecule has 0 aliphatic rings. The molecule has 2 unspecified atom stereocenters. The van der Waals surface area contributed by atoms with E-state index < -0.39 is 25.1 Å². The van der Waals surface area contributed by atoms with Crippen molar-refractivity contribution in [1.29, 1.82) is 0 Å². The second-order valence-electron chi connectivity index (χ2n) is 2.32. The zero-order valence-electron chi connectivity index (χ0n) is 6.34. The lowest BCUT2D eigenvalue weighted by atomic mass is 10.3. The van der Waals surface area contributed by atoms with Gasteiger partial charge in [0.25, 0.3) is 0 Å². The normalized spacial score (nSPS) is 19.4. The van der Waals surface area contributed by atoms with Crippen molar-refractivity contribution in [2.75, 3.05) is 13.2 Å². The predicted molar refractivity (Wildman–Crippen MR) is 36.7 cm³/mol. The summed E-state index contributed by atoms with van der Waals surface area (Å²) in [6, 6.07) is 0. The summed E-state index contributed by atoms with van der Waals surface area (Å²) < 4.78 is 4.55. The van der Waals surface area contributed by atoms with Crippen molar-refractivity contribution < 1.29 is 25.2 Å². The van der Waals surface area contributed by atoms with Crippen LogP contribution in [-0.4, -0.2) is 52.1 Å². The summed E-state index contributed by atoms with van der Waals surface area (Å²) in [5.41, 5.74) is 0. The maximum absolute atomic E-state index is 8.82. The Hall–Kier alpha value is -0.200. The number of ether oxygens (including phenoxy) is 1. The van der Waals surface area contributed by atoms with Gasteiger partial charge >= 0.3 is 0 Å². The highest BCUT2D eigenvalue weighted by molar-refractivity contribution is 4.55. The molecule has 0 aromatic heterocycles. The van der Waals surface area contributed by atoms with Gasteiger partial charge in [0.05, 0.1) is 19.3 Å². The Morgan fingerprint density at radius 2 is 1.82 bits per heavy atom. The first-order valence-electron chi connectivity index (χ1n) is 3.34. The molecule has 0 bridgehead atoms. The quantitative estimate of drug-likeness (QED) is 0.357. The Morgan fingerprint density at radius 3 is 2.18 bits per heavy atom. The lowest BCUT2D eigenvalue weighted by molar-refractivity contribution is -0.181. The summed E-state index contributed by atoms with van der Waals surface area (Å²) in [5.74, 6) is 0. The van der Waals surface area contributed by atoms with Crippen LogP contribution < -0.4 is 0 Å². The lowest BCUT2D eigenvalue weighted by Crippen LogP contribution is -2.33. The molecule has 0 aliphatic carbocycles. The van der Waals surface area contributed by atoms with Crippen molar-refractivity contribution in [2.45, 2.75) is 25.4 Å². The van der Waals surface area contributed by atoms with Crippen LogP contribution in [0.2, 0.25) is 0 Å². The molecule has 11 heavy (non-hydrogen) atoms. The molecule has 0 aliphatic heterocycles. The minimum atomic E-state index is -1.44. The molecule has 5 nitrogen and oxygen atoms in total. The maximum Gasteiger partial charge on any atom is 0.183 e. The molecule has 5 heteroatoms. The summed E-state index contributed by atoms with van der Waals surface area (Å²) >= 11 is 0. The molecule has 0 saturated carbocycles. The average molecular weight is 166 g/mol. The third kappa shape index (κ3) is 5.11. The predicted octanol–water partition coefficient (Wildman–Crippen LogP) is -1.94. The van der Waals surface area contributed by atoms with E-state index in [2.05, 4.69) is 4.74 Å². The summed E-state index contributed by atoms with van der Waals surface area (Å²) in [4.78, 5) is 0. The molecule has 0 aromatic rings. The summed E-state index contributed by atoms with van der Waals surface area (Å²) in [5, 5.41) is 34.5. The summed E-state index contributed by atoms with van der Waals surface area (Å²) in [6.07, 6.45) is -3.45. The van der Waals surface area contributed by atoms with Crippen LogP contribution in [-0.2, 0) is 4.74 Å². The number of aliphatic hydroxyl groups excluding tert-OH is 4. The molecule has 4 N–H and O–H groups in total. The van der Waals surface area contributed by atoms with Gasteiger partial charge in [-0.25, -0.2) is 0 Å². The molecular weight excluding hydrogens is 152 g/mol. The van der Waals surface area contributed by atoms with Gasteiger partial charge in [-0.15, -0.1) is 0 Å². The number of hydrogen-bond acceptors (Lipinski definition) is 5. The zero-order chi connectivity index (χ0) is 8.85. The molecule has 0 amide bonds. The third-order valence-electron chi connectivity index (χ3n) is 1.02. The van der Waals surface area contributed by atoms with Crippen LogP contribution in [0.5, 0.6) is 0 Å². The van der Waals surface area contributed by atoms with E-state index in [-0.39, 0.29) is 6.61 Å². The van der Waals surface area contributed by atoms with Crippen molar-refractivity contribution in [3.05, 3.63) is 0 Å². The van der Waals surface area contributed by atoms with Gasteiger partial charge in [-0.2, -0.15) is 0 Å². The van der Waals surface area contributed by atoms with E-state index in [1.807, 2.05) is 0 Å². The van der Waals surface area contributed by atoms with Gasteiger partial charge in [-0.3, -0.25) is 0 Å². The molecule has 3 atom stereocenters. The largest absolute Gasteiger partial charge is 0.393 e. The third-order valence-corrected chi connectivity index (χ3v) is 1.02. The van der Waals surface area contributed by atoms with E-state index in [9.17, 15) is 0 Å². The number of hydrogen-bond donors (Lipinski definition) is 4. The Labute approximate surface area is 64.9 Å². The van der Waals surface area contributed by atoms with Crippen LogP contribution in [0.25, 0.3) is 0 Å². The van der Waals surface area contributed by atoms with E-state index in [0.29, 0.717) is 0 Å². The van der Waals surface area contributed by atoms with Crippen molar-refractivity contribution >= 4 is 0 Å². The van der Waals surface area contributed by atoms with Crippen molar-refractivity contribution in [3.8, 4) is 0 Å². The van der Waals surface area contributed by atoms with Gasteiger partial charge < -0.3 is 25.2 Å². The molecule has 68 valence electrons.